The number of fused-ring (bicyclic) bond motifs is 1. The first-order valence-electron chi connectivity index (χ1n) is 10.1. The van der Waals surface area contributed by atoms with Gasteiger partial charge in [-0.2, -0.15) is 5.26 Å². The van der Waals surface area contributed by atoms with Crippen molar-refractivity contribution in [2.45, 2.75) is 51.4 Å². The molecule has 1 heterocycles. The number of esters is 2. The number of nitrogens with two attached hydrogens (primary N) is 1. The number of rotatable bonds is 6. The van der Waals surface area contributed by atoms with Crippen molar-refractivity contribution in [1.29, 1.82) is 5.26 Å². The maximum absolute atomic E-state index is 12.7. The molecule has 0 bridgehead atoms. The van der Waals surface area contributed by atoms with E-state index in [2.05, 4.69) is 0 Å². The number of benzene rings is 1. The van der Waals surface area contributed by atoms with Crippen molar-refractivity contribution < 1.29 is 23.8 Å². The third-order valence-corrected chi connectivity index (χ3v) is 5.50. The summed E-state index contributed by atoms with van der Waals surface area (Å²) in [7, 11) is 0. The molecule has 1 aromatic carbocycles. The highest BCUT2D eigenvalue weighted by Crippen LogP contribution is 2.45. The van der Waals surface area contributed by atoms with E-state index in [9.17, 15) is 14.9 Å². The third-order valence-electron chi connectivity index (χ3n) is 5.50. The molecule has 0 saturated heterocycles. The Kier molecular flexibility index (Phi) is 6.42. The van der Waals surface area contributed by atoms with Crippen LogP contribution >= 0.6 is 0 Å². The average molecular weight is 398 g/mol. The first kappa shape index (κ1) is 20.7. The van der Waals surface area contributed by atoms with E-state index < -0.39 is 23.8 Å². The summed E-state index contributed by atoms with van der Waals surface area (Å²) < 4.78 is 15.9. The van der Waals surface area contributed by atoms with Crippen LogP contribution in [0.1, 0.15) is 62.5 Å². The molecule has 2 atom stereocenters. The number of nitrogens with zero attached hydrogens (tertiary/aromatic N) is 1. The maximum atomic E-state index is 12.7. The summed E-state index contributed by atoms with van der Waals surface area (Å²) in [5.41, 5.74) is 7.73. The Hall–Kier alpha value is -3.01. The molecule has 29 heavy (non-hydrogen) atoms. The molecule has 1 saturated carbocycles. The molecular formula is C22H26N2O5. The van der Waals surface area contributed by atoms with E-state index in [1.165, 1.54) is 12.8 Å². The van der Waals surface area contributed by atoms with Gasteiger partial charge in [0.15, 0.2) is 5.92 Å². The second-order valence-corrected chi connectivity index (χ2v) is 7.22. The predicted octanol–water partition coefficient (Wildman–Crippen LogP) is 3.26. The molecule has 2 unspecified atom stereocenters. The lowest BCUT2D eigenvalue weighted by molar-refractivity contribution is -0.146. The van der Waals surface area contributed by atoms with Crippen LogP contribution in [-0.2, 0) is 19.1 Å². The lowest BCUT2D eigenvalue weighted by Gasteiger charge is -2.30. The monoisotopic (exact) mass is 398 g/mol. The molecule has 2 aliphatic rings. The molecule has 2 N–H and O–H groups in total. The SMILES string of the molecule is CCOC(=O)C1=C(N)Oc2ccc(C3CCCC3)cc2C1C(C#N)C(=O)OCC. The Morgan fingerprint density at radius 3 is 2.55 bits per heavy atom. The van der Waals surface area contributed by atoms with Gasteiger partial charge in [-0.3, -0.25) is 4.79 Å². The van der Waals surface area contributed by atoms with E-state index in [1.807, 2.05) is 18.2 Å². The van der Waals surface area contributed by atoms with Gasteiger partial charge in [-0.15, -0.1) is 0 Å². The molecule has 0 spiro atoms. The fourth-order valence-electron chi connectivity index (χ4n) is 4.18. The number of ether oxygens (including phenoxy) is 3. The van der Waals surface area contributed by atoms with Gasteiger partial charge >= 0.3 is 11.9 Å². The van der Waals surface area contributed by atoms with Crippen molar-refractivity contribution in [3.8, 4) is 11.8 Å². The topological polar surface area (TPSA) is 112 Å². The second kappa shape index (κ2) is 8.99. The Balaban J connectivity index is 2.12. The summed E-state index contributed by atoms with van der Waals surface area (Å²) in [4.78, 5) is 25.2. The van der Waals surface area contributed by atoms with Crippen molar-refractivity contribution in [2.75, 3.05) is 13.2 Å². The maximum Gasteiger partial charge on any atom is 0.340 e. The number of carbonyl (C=O) groups is 2. The van der Waals surface area contributed by atoms with Crippen LogP contribution in [0.3, 0.4) is 0 Å². The van der Waals surface area contributed by atoms with E-state index in [4.69, 9.17) is 19.9 Å². The van der Waals surface area contributed by atoms with Gasteiger partial charge in [-0.1, -0.05) is 25.0 Å². The molecule has 3 rings (SSSR count). The minimum Gasteiger partial charge on any atom is -0.465 e. The van der Waals surface area contributed by atoms with Gasteiger partial charge in [-0.05, 0) is 44.2 Å². The minimum absolute atomic E-state index is 0.0116. The highest BCUT2D eigenvalue weighted by atomic mass is 16.5. The number of hydrogen-bond acceptors (Lipinski definition) is 7. The molecule has 1 aromatic rings. The normalized spacial score (nSPS) is 19.7. The van der Waals surface area contributed by atoms with E-state index in [0.29, 0.717) is 17.2 Å². The number of nitriles is 1. The lowest BCUT2D eigenvalue weighted by Crippen LogP contribution is -2.34. The number of hydrogen-bond donors (Lipinski definition) is 1. The van der Waals surface area contributed by atoms with Gasteiger partial charge in [0.25, 0.3) is 0 Å². The lowest BCUT2D eigenvalue weighted by atomic mass is 9.78. The van der Waals surface area contributed by atoms with Crippen molar-refractivity contribution in [3.05, 3.63) is 40.8 Å². The van der Waals surface area contributed by atoms with Crippen LogP contribution in [0.15, 0.2) is 29.7 Å². The fraction of sp³-hybridized carbons (Fsp3) is 0.500. The highest BCUT2D eigenvalue weighted by molar-refractivity contribution is 5.93. The fourth-order valence-corrected chi connectivity index (χ4v) is 4.18. The summed E-state index contributed by atoms with van der Waals surface area (Å²) in [6.45, 7) is 3.60. The van der Waals surface area contributed by atoms with E-state index >= 15 is 0 Å². The van der Waals surface area contributed by atoms with Gasteiger partial charge in [0, 0.05) is 5.56 Å². The van der Waals surface area contributed by atoms with Gasteiger partial charge in [0.05, 0.1) is 25.2 Å². The van der Waals surface area contributed by atoms with Crippen LogP contribution in [0.25, 0.3) is 0 Å². The third kappa shape index (κ3) is 4.07. The van der Waals surface area contributed by atoms with Crippen LogP contribution in [-0.4, -0.2) is 25.2 Å². The molecule has 1 aliphatic carbocycles. The van der Waals surface area contributed by atoms with Crippen LogP contribution in [0.4, 0.5) is 0 Å². The highest BCUT2D eigenvalue weighted by Gasteiger charge is 2.43. The summed E-state index contributed by atoms with van der Waals surface area (Å²) in [6, 6.07) is 7.72. The summed E-state index contributed by atoms with van der Waals surface area (Å²) in [6.07, 6.45) is 4.53. The molecule has 1 aliphatic heterocycles. The van der Waals surface area contributed by atoms with Crippen molar-refractivity contribution in [1.82, 2.24) is 0 Å². The molecular weight excluding hydrogens is 372 g/mol. The molecule has 7 nitrogen and oxygen atoms in total. The quantitative estimate of drug-likeness (QED) is 0.732. The molecule has 7 heteroatoms. The van der Waals surface area contributed by atoms with Crippen molar-refractivity contribution in [2.24, 2.45) is 11.7 Å². The number of carbonyl (C=O) groups excluding carboxylic acids is 2. The van der Waals surface area contributed by atoms with Crippen molar-refractivity contribution >= 4 is 11.9 Å². The van der Waals surface area contributed by atoms with Gasteiger partial charge in [0.2, 0.25) is 5.88 Å². The molecule has 0 amide bonds. The van der Waals surface area contributed by atoms with Crippen molar-refractivity contribution in [3.63, 3.8) is 0 Å². The minimum atomic E-state index is -1.24. The average Bonchev–Trinajstić information content (AvgIpc) is 3.23. The molecule has 1 fully saturated rings. The van der Waals surface area contributed by atoms with E-state index in [1.54, 1.807) is 19.9 Å². The van der Waals surface area contributed by atoms with E-state index in [-0.39, 0.29) is 24.7 Å². The van der Waals surface area contributed by atoms with Crippen LogP contribution in [0.5, 0.6) is 5.75 Å². The standard InChI is InChI=1S/C22H26N2O5/c1-3-27-21(25)16(12-23)18-15-11-14(13-7-5-6-8-13)9-10-17(15)29-20(24)19(18)22(26)28-4-2/h9-11,13,16,18H,3-8,24H2,1-2H3. The Bertz CT molecular complexity index is 864. The van der Waals surface area contributed by atoms with Crippen LogP contribution in [0, 0.1) is 17.2 Å². The molecule has 0 aromatic heterocycles. The van der Waals surface area contributed by atoms with Crippen LogP contribution in [0.2, 0.25) is 0 Å². The Labute approximate surface area is 170 Å². The smallest absolute Gasteiger partial charge is 0.340 e. The summed E-state index contributed by atoms with van der Waals surface area (Å²) in [5, 5.41) is 9.79. The summed E-state index contributed by atoms with van der Waals surface area (Å²) >= 11 is 0. The van der Waals surface area contributed by atoms with E-state index in [0.717, 1.165) is 18.4 Å². The van der Waals surface area contributed by atoms with Gasteiger partial charge < -0.3 is 19.9 Å². The zero-order valence-electron chi connectivity index (χ0n) is 16.8. The summed E-state index contributed by atoms with van der Waals surface area (Å²) in [5.74, 6) is -2.85. The predicted molar refractivity (Wildman–Crippen MR) is 105 cm³/mol. The first-order chi connectivity index (χ1) is 14.0. The Morgan fingerprint density at radius 2 is 1.93 bits per heavy atom. The zero-order valence-corrected chi connectivity index (χ0v) is 16.8. The zero-order chi connectivity index (χ0) is 21.0. The largest absolute Gasteiger partial charge is 0.465 e. The van der Waals surface area contributed by atoms with Gasteiger partial charge in [-0.25, -0.2) is 4.79 Å². The molecule has 0 radical (unpaired) electrons. The first-order valence-corrected chi connectivity index (χ1v) is 10.1. The Morgan fingerprint density at radius 1 is 1.24 bits per heavy atom. The second-order valence-electron chi connectivity index (χ2n) is 7.22. The molecule has 154 valence electrons. The van der Waals surface area contributed by atoms with Gasteiger partial charge in [0.1, 0.15) is 11.3 Å². The van der Waals surface area contributed by atoms with Crippen LogP contribution < -0.4 is 10.5 Å².